The van der Waals surface area contributed by atoms with Gasteiger partial charge in [0.2, 0.25) is 0 Å². The van der Waals surface area contributed by atoms with Crippen LogP contribution >= 0.6 is 0 Å². The zero-order chi connectivity index (χ0) is 27.5. The van der Waals surface area contributed by atoms with Crippen LogP contribution in [0.5, 0.6) is 11.5 Å². The van der Waals surface area contributed by atoms with Crippen LogP contribution in [0.15, 0.2) is 97.1 Å². The van der Waals surface area contributed by atoms with Crippen molar-refractivity contribution in [3.8, 4) is 11.5 Å². The van der Waals surface area contributed by atoms with Crippen molar-refractivity contribution in [1.82, 2.24) is 0 Å². The van der Waals surface area contributed by atoms with E-state index in [0.717, 1.165) is 20.1 Å². The first kappa shape index (κ1) is 26.9. The molecule has 40 heavy (non-hydrogen) atoms. The second-order valence-electron chi connectivity index (χ2n) is 11.1. The Morgan fingerprint density at radius 1 is 0.575 bits per heavy atom. The Morgan fingerprint density at radius 2 is 1.00 bits per heavy atom. The number of hydrogen-bond acceptors (Lipinski definition) is 2. The predicted molar refractivity (Wildman–Crippen MR) is 159 cm³/mol. The molecule has 0 aliphatic heterocycles. The van der Waals surface area contributed by atoms with Gasteiger partial charge in [0.1, 0.15) is 0 Å². The van der Waals surface area contributed by atoms with Crippen LogP contribution in [0.1, 0.15) is 64.6 Å². The predicted octanol–water partition coefficient (Wildman–Crippen LogP) is 7.07. The molecule has 2 nitrogen and oxygen atoms in total. The molecule has 198 valence electrons. The Bertz CT molecular complexity index is 1470. The Balaban J connectivity index is 0.000000170. The maximum Gasteiger partial charge on any atom is -0.0623 e. The van der Waals surface area contributed by atoms with Crippen LogP contribution in [0.4, 0.5) is 0 Å². The van der Waals surface area contributed by atoms with Gasteiger partial charge in [-0.05, 0) is 0 Å². The van der Waals surface area contributed by atoms with Gasteiger partial charge in [0.15, 0.2) is 0 Å². The zero-order valence-corrected chi connectivity index (χ0v) is 25.3. The van der Waals surface area contributed by atoms with Crippen molar-refractivity contribution in [3.63, 3.8) is 0 Å². The quantitative estimate of drug-likeness (QED) is 0.247. The zero-order valence-electron chi connectivity index (χ0n) is 22.8. The average molecular weight is 602 g/mol. The third-order valence-electron chi connectivity index (χ3n) is 8.61. The monoisotopic (exact) mass is 600 g/mol. The van der Waals surface area contributed by atoms with Crippen molar-refractivity contribution in [2.24, 2.45) is 0 Å². The average Bonchev–Trinajstić information content (AvgIpc) is 3.77. The molecule has 0 amide bonds. The summed E-state index contributed by atoms with van der Waals surface area (Å²) in [7, 11) is 0. The normalized spacial score (nSPS) is 18.3. The number of para-hydroxylation sites is 2. The van der Waals surface area contributed by atoms with Crippen molar-refractivity contribution < 1.29 is 31.5 Å². The van der Waals surface area contributed by atoms with E-state index in [4.69, 9.17) is 4.21 Å². The molecule has 0 N–H and O–H groups in total. The molecule has 0 heterocycles. The van der Waals surface area contributed by atoms with Gasteiger partial charge in [-0.3, -0.25) is 0 Å². The molecular formula is C37H34O2Zr. The molecule has 0 radical (unpaired) electrons. The molecule has 4 aromatic rings. The molecule has 0 spiro atoms. The van der Waals surface area contributed by atoms with Crippen molar-refractivity contribution in [2.75, 3.05) is 0 Å². The summed E-state index contributed by atoms with van der Waals surface area (Å²) in [6, 6.07) is 26.8. The van der Waals surface area contributed by atoms with Gasteiger partial charge in [-0.1, -0.05) is 60.7 Å². The summed E-state index contributed by atoms with van der Waals surface area (Å²) < 4.78 is 6.60. The topological polar surface area (TPSA) is 46.1 Å². The first-order chi connectivity index (χ1) is 19.6. The van der Waals surface area contributed by atoms with Crippen LogP contribution in [-0.2, 0) is 47.0 Å². The first-order valence-corrected chi connectivity index (χ1v) is 18.9. The Labute approximate surface area is 245 Å². The number of benzene rings is 4. The van der Waals surface area contributed by atoms with E-state index in [1.54, 1.807) is 57.6 Å². The second-order valence-corrected chi connectivity index (χ2v) is 17.3. The minimum absolute atomic E-state index is 0.0718. The van der Waals surface area contributed by atoms with Gasteiger partial charge >= 0.3 is 164 Å². The third-order valence-corrected chi connectivity index (χ3v) is 16.0. The van der Waals surface area contributed by atoms with Crippen LogP contribution in [0.25, 0.3) is 12.2 Å². The fraction of sp³-hybridized carbons (Fsp3) is 0.216. The van der Waals surface area contributed by atoms with Crippen molar-refractivity contribution in [1.29, 1.82) is 0 Å². The van der Waals surface area contributed by atoms with Gasteiger partial charge in [0.05, 0.1) is 0 Å². The van der Waals surface area contributed by atoms with E-state index < -0.39 is 21.3 Å². The fourth-order valence-corrected chi connectivity index (χ4v) is 13.6. The summed E-state index contributed by atoms with van der Waals surface area (Å²) in [5.74, 6) is 0.144. The van der Waals surface area contributed by atoms with E-state index in [1.807, 2.05) is 12.1 Å². The molecule has 2 unspecified atom stereocenters. The Hall–Kier alpha value is -3.29. The summed E-state index contributed by atoms with van der Waals surface area (Å²) in [6.07, 6.45) is 16.9. The van der Waals surface area contributed by atoms with Gasteiger partial charge in [-0.15, -0.1) is 11.5 Å². The summed E-state index contributed by atoms with van der Waals surface area (Å²) in [4.78, 5) is 0. The van der Waals surface area contributed by atoms with Crippen LogP contribution in [0.2, 0.25) is 0 Å². The smallest absolute Gasteiger partial charge is 0.0623 e. The van der Waals surface area contributed by atoms with Gasteiger partial charge in [-0.25, -0.2) is 0 Å². The number of aryl methyl sites for hydroxylation is 2. The summed E-state index contributed by atoms with van der Waals surface area (Å²) in [5.41, 5.74) is 12.7. The van der Waals surface area contributed by atoms with Gasteiger partial charge in [-0.2, -0.15) is 0 Å². The molecule has 2 atom stereocenters. The fourth-order valence-electron chi connectivity index (χ4n) is 6.60. The standard InChI is InChI=1S/2C12H11.2C6H6O.CH2.Zr/c2*1-3-9-7-11-5-2-6-12(11)8-10(9)4-1;2*7-6-4-2-1-3-5-6;;/h2*1,3,5,7-8H,2,4,6H2;2*1-5,7H;1H2;/q;;;;;+2/p-2. The van der Waals surface area contributed by atoms with E-state index in [9.17, 15) is 10.2 Å². The number of fused-ring (bicyclic) bond motifs is 4. The molecule has 0 aromatic heterocycles. The maximum atomic E-state index is 10.3. The van der Waals surface area contributed by atoms with Crippen molar-refractivity contribution in [2.45, 2.75) is 45.8 Å². The van der Waals surface area contributed by atoms with Gasteiger partial charge < -0.3 is 10.2 Å². The largest absolute Gasteiger partial charge is 0.872 e. The molecular weight excluding hydrogens is 568 g/mol. The van der Waals surface area contributed by atoms with Crippen LogP contribution in [0.3, 0.4) is 0 Å². The minimum atomic E-state index is -1.81. The molecule has 0 saturated heterocycles. The molecule has 4 aliphatic rings. The van der Waals surface area contributed by atoms with Gasteiger partial charge in [0, 0.05) is 0 Å². The molecule has 0 saturated carbocycles. The maximum absolute atomic E-state index is 10.3. The van der Waals surface area contributed by atoms with Crippen LogP contribution in [-0.4, -0.2) is 4.21 Å². The number of allylic oxidation sites excluding steroid dienone is 2. The Kier molecular flexibility index (Phi) is 8.12. The first-order valence-electron chi connectivity index (χ1n) is 14.3. The SMILES string of the molecule is [CH2]=[Zr+2]([CH]1CCc2cc3c(cc21)C=CC3)[CH]1CCc2cc3c(cc21)C=CC3.[O-]c1ccccc1.[O-]c1ccccc1. The molecule has 8 rings (SSSR count). The van der Waals surface area contributed by atoms with E-state index in [2.05, 4.69) is 48.6 Å². The summed E-state index contributed by atoms with van der Waals surface area (Å²) in [5, 5.41) is 20.5. The van der Waals surface area contributed by atoms with Crippen molar-refractivity contribution in [3.05, 3.63) is 142 Å². The number of hydrogen-bond donors (Lipinski definition) is 0. The summed E-state index contributed by atoms with van der Waals surface area (Å²) in [6.45, 7) is 0. The Morgan fingerprint density at radius 3 is 1.38 bits per heavy atom. The van der Waals surface area contributed by atoms with Gasteiger partial charge in [0.25, 0.3) is 0 Å². The minimum Gasteiger partial charge on any atom is -0.872 e. The molecule has 4 aliphatic carbocycles. The molecule has 4 aromatic carbocycles. The van der Waals surface area contributed by atoms with Crippen molar-refractivity contribution >= 4 is 16.4 Å². The second kappa shape index (κ2) is 12.1. The van der Waals surface area contributed by atoms with E-state index >= 15 is 0 Å². The van der Waals surface area contributed by atoms with E-state index in [0.29, 0.717) is 0 Å². The molecule has 3 heteroatoms. The molecule has 0 bridgehead atoms. The number of rotatable bonds is 2. The van der Waals surface area contributed by atoms with E-state index in [1.165, 1.54) is 61.1 Å². The summed E-state index contributed by atoms with van der Waals surface area (Å²) >= 11 is -1.81. The van der Waals surface area contributed by atoms with Crippen LogP contribution < -0.4 is 10.2 Å². The third kappa shape index (κ3) is 5.77. The molecule has 0 fully saturated rings. The van der Waals surface area contributed by atoms with E-state index in [-0.39, 0.29) is 11.5 Å². The van der Waals surface area contributed by atoms with Crippen LogP contribution in [0, 0.1) is 0 Å².